The van der Waals surface area contributed by atoms with Crippen LogP contribution in [0.25, 0.3) is 0 Å². The molecule has 1 aliphatic carbocycles. The number of nitrogens with one attached hydrogen (secondary N) is 1. The number of aliphatic imine (C=N–C) groups is 1. The van der Waals surface area contributed by atoms with Crippen molar-refractivity contribution in [3.63, 3.8) is 0 Å². The molecule has 2 aliphatic heterocycles. The SMILES string of the molecule is CN=C(NCc1ccccc1OC1CCC1)N1CCC(N2CCCC2)C1.I. The lowest BCUT2D eigenvalue weighted by Gasteiger charge is -2.28. The van der Waals surface area contributed by atoms with Crippen LogP contribution in [0.15, 0.2) is 29.3 Å². The van der Waals surface area contributed by atoms with Crippen molar-refractivity contribution in [2.24, 2.45) is 4.99 Å². The van der Waals surface area contributed by atoms with E-state index in [1.807, 2.05) is 7.05 Å². The highest BCUT2D eigenvalue weighted by atomic mass is 127. The van der Waals surface area contributed by atoms with E-state index in [-0.39, 0.29) is 24.0 Å². The zero-order chi connectivity index (χ0) is 17.8. The summed E-state index contributed by atoms with van der Waals surface area (Å²) >= 11 is 0. The lowest BCUT2D eigenvalue weighted by Crippen LogP contribution is -2.42. The van der Waals surface area contributed by atoms with Crippen LogP contribution in [0.5, 0.6) is 5.75 Å². The van der Waals surface area contributed by atoms with Gasteiger partial charge in [-0.3, -0.25) is 9.89 Å². The summed E-state index contributed by atoms with van der Waals surface area (Å²) in [5.74, 6) is 2.04. The first-order valence-electron chi connectivity index (χ1n) is 10.3. The summed E-state index contributed by atoms with van der Waals surface area (Å²) in [6.45, 7) is 5.51. The van der Waals surface area contributed by atoms with Crippen molar-refractivity contribution >= 4 is 29.9 Å². The van der Waals surface area contributed by atoms with Crippen molar-refractivity contribution < 1.29 is 4.74 Å². The largest absolute Gasteiger partial charge is 0.490 e. The number of ether oxygens (including phenoxy) is 1. The quantitative estimate of drug-likeness (QED) is 0.395. The van der Waals surface area contributed by atoms with Crippen LogP contribution >= 0.6 is 24.0 Å². The predicted octanol–water partition coefficient (Wildman–Crippen LogP) is 3.48. The van der Waals surface area contributed by atoms with Crippen LogP contribution in [0.4, 0.5) is 0 Å². The molecule has 1 atom stereocenters. The van der Waals surface area contributed by atoms with E-state index < -0.39 is 0 Å². The zero-order valence-electron chi connectivity index (χ0n) is 16.4. The number of hydrogen-bond donors (Lipinski definition) is 1. The first-order chi connectivity index (χ1) is 12.8. The van der Waals surface area contributed by atoms with E-state index in [9.17, 15) is 0 Å². The number of guanidine groups is 1. The highest BCUT2D eigenvalue weighted by Gasteiger charge is 2.30. The average Bonchev–Trinajstić information content (AvgIpc) is 3.31. The molecule has 1 aromatic rings. The monoisotopic (exact) mass is 484 g/mol. The molecule has 1 N–H and O–H groups in total. The Morgan fingerprint density at radius 2 is 1.89 bits per heavy atom. The van der Waals surface area contributed by atoms with Crippen LogP contribution in [0.2, 0.25) is 0 Å². The van der Waals surface area contributed by atoms with E-state index in [1.165, 1.54) is 57.2 Å². The highest BCUT2D eigenvalue weighted by molar-refractivity contribution is 14.0. The number of halogens is 1. The molecule has 3 aliphatic rings. The molecule has 0 radical (unpaired) electrons. The van der Waals surface area contributed by atoms with Crippen molar-refractivity contribution in [1.82, 2.24) is 15.1 Å². The minimum Gasteiger partial charge on any atom is -0.490 e. The average molecular weight is 484 g/mol. The van der Waals surface area contributed by atoms with Gasteiger partial charge in [0.05, 0.1) is 6.10 Å². The van der Waals surface area contributed by atoms with Crippen molar-refractivity contribution in [2.75, 3.05) is 33.2 Å². The number of nitrogens with zero attached hydrogens (tertiary/aromatic N) is 3. The van der Waals surface area contributed by atoms with Crippen LogP contribution in [0.3, 0.4) is 0 Å². The van der Waals surface area contributed by atoms with Gasteiger partial charge in [-0.1, -0.05) is 18.2 Å². The molecule has 150 valence electrons. The van der Waals surface area contributed by atoms with Crippen LogP contribution in [0, 0.1) is 0 Å². The molecular formula is C21H33IN4O. The Bertz CT molecular complexity index is 628. The molecule has 6 heteroatoms. The van der Waals surface area contributed by atoms with Gasteiger partial charge >= 0.3 is 0 Å². The molecular weight excluding hydrogens is 451 g/mol. The lowest BCUT2D eigenvalue weighted by molar-refractivity contribution is 0.119. The maximum atomic E-state index is 6.16. The molecule has 27 heavy (non-hydrogen) atoms. The van der Waals surface area contributed by atoms with Gasteiger partial charge in [0.15, 0.2) is 5.96 Å². The van der Waals surface area contributed by atoms with E-state index in [0.29, 0.717) is 12.1 Å². The fourth-order valence-electron chi connectivity index (χ4n) is 4.28. The Kier molecular flexibility index (Phi) is 7.64. The van der Waals surface area contributed by atoms with E-state index in [2.05, 4.69) is 44.4 Å². The van der Waals surface area contributed by atoms with Gasteiger partial charge in [-0.05, 0) is 57.7 Å². The molecule has 0 spiro atoms. The Balaban J connectivity index is 0.00000210. The van der Waals surface area contributed by atoms with Gasteiger partial charge < -0.3 is 15.0 Å². The first kappa shape index (κ1) is 20.7. The number of para-hydroxylation sites is 1. The van der Waals surface area contributed by atoms with Crippen molar-refractivity contribution in [1.29, 1.82) is 0 Å². The molecule has 0 amide bonds. The standard InChI is InChI=1S/C21H32N4O.HI/c1-22-21(25-14-11-18(16-25)24-12-4-5-13-24)23-15-17-7-2-3-10-20(17)26-19-8-6-9-19;/h2-3,7,10,18-19H,4-6,8-9,11-16H2,1H3,(H,22,23);1H. The van der Waals surface area contributed by atoms with Crippen LogP contribution in [-0.2, 0) is 6.54 Å². The fourth-order valence-corrected chi connectivity index (χ4v) is 4.28. The summed E-state index contributed by atoms with van der Waals surface area (Å²) < 4.78 is 6.16. The normalized spacial score (nSPS) is 23.8. The van der Waals surface area contributed by atoms with Crippen LogP contribution < -0.4 is 10.1 Å². The van der Waals surface area contributed by atoms with Gasteiger partial charge in [0.25, 0.3) is 0 Å². The Morgan fingerprint density at radius 1 is 1.11 bits per heavy atom. The molecule has 5 nitrogen and oxygen atoms in total. The summed E-state index contributed by atoms with van der Waals surface area (Å²) in [7, 11) is 1.89. The summed E-state index contributed by atoms with van der Waals surface area (Å²) in [5.41, 5.74) is 1.22. The van der Waals surface area contributed by atoms with Gasteiger partial charge in [0.1, 0.15) is 5.75 Å². The maximum absolute atomic E-state index is 6.16. The third-order valence-corrected chi connectivity index (χ3v) is 6.09. The molecule has 2 saturated heterocycles. The minimum atomic E-state index is 0. The minimum absolute atomic E-state index is 0. The topological polar surface area (TPSA) is 40.1 Å². The third kappa shape index (κ3) is 5.08. The third-order valence-electron chi connectivity index (χ3n) is 6.09. The number of hydrogen-bond acceptors (Lipinski definition) is 3. The lowest BCUT2D eigenvalue weighted by atomic mass is 9.96. The van der Waals surface area contributed by atoms with Crippen molar-refractivity contribution in [3.05, 3.63) is 29.8 Å². The molecule has 0 aromatic heterocycles. The van der Waals surface area contributed by atoms with Gasteiger partial charge in [-0.25, -0.2) is 0 Å². The Hall–Kier alpha value is -1.02. The van der Waals surface area contributed by atoms with Gasteiger partial charge in [-0.2, -0.15) is 0 Å². The van der Waals surface area contributed by atoms with E-state index in [1.54, 1.807) is 0 Å². The van der Waals surface area contributed by atoms with Gasteiger partial charge in [0, 0.05) is 38.3 Å². The second-order valence-corrected chi connectivity index (χ2v) is 7.81. The summed E-state index contributed by atoms with van der Waals surface area (Å²) in [5, 5.41) is 3.57. The zero-order valence-corrected chi connectivity index (χ0v) is 18.7. The maximum Gasteiger partial charge on any atom is 0.193 e. The number of rotatable bonds is 5. The summed E-state index contributed by atoms with van der Waals surface area (Å²) in [6.07, 6.45) is 8.06. The van der Waals surface area contributed by atoms with Crippen LogP contribution in [-0.4, -0.2) is 61.1 Å². The molecule has 2 heterocycles. The predicted molar refractivity (Wildman–Crippen MR) is 121 cm³/mol. The Labute approximate surface area is 180 Å². The van der Waals surface area contributed by atoms with Gasteiger partial charge in [0.2, 0.25) is 0 Å². The summed E-state index contributed by atoms with van der Waals surface area (Å²) in [4.78, 5) is 9.61. The highest BCUT2D eigenvalue weighted by Crippen LogP contribution is 2.27. The Morgan fingerprint density at radius 3 is 2.59 bits per heavy atom. The molecule has 4 rings (SSSR count). The molecule has 1 saturated carbocycles. The van der Waals surface area contributed by atoms with Crippen LogP contribution in [0.1, 0.15) is 44.1 Å². The molecule has 1 aromatic carbocycles. The van der Waals surface area contributed by atoms with E-state index in [4.69, 9.17) is 4.74 Å². The van der Waals surface area contributed by atoms with Crippen molar-refractivity contribution in [3.8, 4) is 5.75 Å². The molecule has 3 fully saturated rings. The molecule has 0 bridgehead atoms. The fraction of sp³-hybridized carbons (Fsp3) is 0.667. The van der Waals surface area contributed by atoms with Gasteiger partial charge in [-0.15, -0.1) is 24.0 Å². The van der Waals surface area contributed by atoms with Crippen molar-refractivity contribution in [2.45, 2.75) is 57.2 Å². The smallest absolute Gasteiger partial charge is 0.193 e. The van der Waals surface area contributed by atoms with E-state index in [0.717, 1.165) is 31.3 Å². The number of likely N-dealkylation sites (tertiary alicyclic amines) is 2. The first-order valence-corrected chi connectivity index (χ1v) is 10.3. The second kappa shape index (κ2) is 9.96. The van der Waals surface area contributed by atoms with E-state index >= 15 is 0 Å². The molecule has 1 unspecified atom stereocenters. The number of benzene rings is 1. The second-order valence-electron chi connectivity index (χ2n) is 7.81. The summed E-state index contributed by atoms with van der Waals surface area (Å²) in [6, 6.07) is 9.10.